The molecule has 4 N–H and O–H groups in total. The van der Waals surface area contributed by atoms with Crippen molar-refractivity contribution < 1.29 is 14.3 Å². The summed E-state index contributed by atoms with van der Waals surface area (Å²) in [5, 5.41) is 16.6. The molecule has 0 radical (unpaired) electrons. The number of hydrogen-bond donors (Lipinski definition) is 3. The Hall–Kier alpha value is -3.70. The van der Waals surface area contributed by atoms with Crippen LogP contribution in [0.25, 0.3) is 0 Å². The van der Waals surface area contributed by atoms with Crippen molar-refractivity contribution in [3.63, 3.8) is 0 Å². The third-order valence-corrected chi connectivity index (χ3v) is 5.85. The molecule has 1 atom stereocenters. The second-order valence-corrected chi connectivity index (χ2v) is 8.01. The Kier molecular flexibility index (Phi) is 7.58. The van der Waals surface area contributed by atoms with Gasteiger partial charge in [-0.2, -0.15) is 5.26 Å². The van der Waals surface area contributed by atoms with E-state index < -0.39 is 11.8 Å². The maximum Gasteiger partial charge on any atom is 0.254 e. The smallest absolute Gasteiger partial charge is 0.254 e. The average Bonchev–Trinajstić information content (AvgIpc) is 2.78. The summed E-state index contributed by atoms with van der Waals surface area (Å²) in [6, 6.07) is 18.7. The quantitative estimate of drug-likeness (QED) is 0.568. The van der Waals surface area contributed by atoms with E-state index in [0.717, 1.165) is 17.3 Å². The molecule has 1 aliphatic heterocycles. The molecule has 32 heavy (non-hydrogen) atoms. The van der Waals surface area contributed by atoms with Crippen LogP contribution in [-0.4, -0.2) is 24.2 Å². The van der Waals surface area contributed by atoms with Crippen LogP contribution in [0.2, 0.25) is 0 Å². The van der Waals surface area contributed by atoms with Crippen molar-refractivity contribution in [2.45, 2.75) is 19.8 Å². The van der Waals surface area contributed by atoms with Crippen molar-refractivity contribution in [1.29, 1.82) is 5.26 Å². The highest BCUT2D eigenvalue weighted by molar-refractivity contribution is 8.03. The van der Waals surface area contributed by atoms with Crippen molar-refractivity contribution in [3.8, 4) is 11.8 Å². The maximum absolute atomic E-state index is 13.3. The predicted octanol–water partition coefficient (Wildman–Crippen LogP) is 3.64. The molecular formula is C24H24N4O3S. The second kappa shape index (κ2) is 10.6. The topological polar surface area (TPSA) is 117 Å². The molecule has 1 heterocycles. The van der Waals surface area contributed by atoms with Gasteiger partial charge >= 0.3 is 0 Å². The number of amides is 2. The minimum absolute atomic E-state index is 0.0162. The van der Waals surface area contributed by atoms with Gasteiger partial charge in [0.15, 0.2) is 0 Å². The number of rotatable bonds is 8. The SMILES string of the molecule is CCOc1ccc([C@H]2C(C#N)=C(SCC(N)=O)NC(C)=C2C(=O)Nc2ccccc2)cc1. The molecule has 1 aliphatic rings. The van der Waals surface area contributed by atoms with Gasteiger partial charge < -0.3 is 21.1 Å². The number of dihydropyridines is 1. The van der Waals surface area contributed by atoms with Crippen molar-refractivity contribution >= 4 is 29.3 Å². The highest BCUT2D eigenvalue weighted by Gasteiger charge is 2.34. The van der Waals surface area contributed by atoms with Gasteiger partial charge in [0.25, 0.3) is 5.91 Å². The number of nitrogens with one attached hydrogen (secondary N) is 2. The highest BCUT2D eigenvalue weighted by atomic mass is 32.2. The summed E-state index contributed by atoms with van der Waals surface area (Å²) in [5.74, 6) is -0.703. The number of hydrogen-bond acceptors (Lipinski definition) is 6. The van der Waals surface area contributed by atoms with Crippen LogP contribution in [0.4, 0.5) is 5.69 Å². The number of carbonyl (C=O) groups is 2. The summed E-state index contributed by atoms with van der Waals surface area (Å²) >= 11 is 1.15. The molecule has 0 saturated heterocycles. The summed E-state index contributed by atoms with van der Waals surface area (Å²) in [4.78, 5) is 24.6. The Morgan fingerprint density at radius 1 is 1.19 bits per heavy atom. The van der Waals surface area contributed by atoms with Crippen LogP contribution in [-0.2, 0) is 9.59 Å². The first-order chi connectivity index (χ1) is 15.4. The summed E-state index contributed by atoms with van der Waals surface area (Å²) < 4.78 is 5.53. The van der Waals surface area contributed by atoms with Crippen LogP contribution in [0.5, 0.6) is 5.75 Å². The first-order valence-corrected chi connectivity index (χ1v) is 11.1. The van der Waals surface area contributed by atoms with E-state index in [9.17, 15) is 14.9 Å². The lowest BCUT2D eigenvalue weighted by molar-refractivity contribution is -0.115. The number of anilines is 1. The Labute approximate surface area is 191 Å². The largest absolute Gasteiger partial charge is 0.494 e. The van der Waals surface area contributed by atoms with Crippen LogP contribution >= 0.6 is 11.8 Å². The first-order valence-electron chi connectivity index (χ1n) is 10.1. The van der Waals surface area contributed by atoms with Crippen molar-refractivity contribution in [2.24, 2.45) is 5.73 Å². The number of ether oxygens (including phenoxy) is 1. The molecule has 8 heteroatoms. The van der Waals surface area contributed by atoms with Crippen LogP contribution in [0.1, 0.15) is 25.3 Å². The Bertz CT molecular complexity index is 1100. The van der Waals surface area contributed by atoms with Crippen LogP contribution in [0.3, 0.4) is 0 Å². The van der Waals surface area contributed by atoms with Gasteiger partial charge in [-0.15, -0.1) is 0 Å². The van der Waals surface area contributed by atoms with E-state index in [1.54, 1.807) is 19.1 Å². The molecule has 3 rings (SSSR count). The second-order valence-electron chi connectivity index (χ2n) is 7.03. The van der Waals surface area contributed by atoms with Crippen molar-refractivity contribution in [3.05, 3.63) is 82.0 Å². The maximum atomic E-state index is 13.3. The summed E-state index contributed by atoms with van der Waals surface area (Å²) in [6.45, 7) is 4.21. The summed E-state index contributed by atoms with van der Waals surface area (Å²) in [6.07, 6.45) is 0. The lowest BCUT2D eigenvalue weighted by Crippen LogP contribution is -2.31. The molecule has 0 bridgehead atoms. The Morgan fingerprint density at radius 3 is 2.47 bits per heavy atom. The molecule has 2 aromatic rings. The molecule has 0 aromatic heterocycles. The number of benzene rings is 2. The predicted molar refractivity (Wildman–Crippen MR) is 126 cm³/mol. The fraction of sp³-hybridized carbons (Fsp3) is 0.208. The monoisotopic (exact) mass is 448 g/mol. The highest BCUT2D eigenvalue weighted by Crippen LogP contribution is 2.41. The van der Waals surface area contributed by atoms with Gasteiger partial charge in [-0.25, -0.2) is 0 Å². The number of nitriles is 1. The van der Waals surface area contributed by atoms with Gasteiger partial charge in [-0.05, 0) is 43.7 Å². The van der Waals surface area contributed by atoms with E-state index in [4.69, 9.17) is 10.5 Å². The van der Waals surface area contributed by atoms with E-state index in [2.05, 4.69) is 16.7 Å². The molecule has 2 amide bonds. The van der Waals surface area contributed by atoms with Gasteiger partial charge in [-0.1, -0.05) is 42.1 Å². The van der Waals surface area contributed by atoms with Crippen molar-refractivity contribution in [1.82, 2.24) is 5.32 Å². The number of primary amides is 1. The minimum Gasteiger partial charge on any atom is -0.494 e. The molecule has 164 valence electrons. The standard InChI is InChI=1S/C24H24N4O3S/c1-3-31-18-11-9-16(10-12-18)22-19(13-25)24(32-14-20(26)29)27-15(2)21(22)23(30)28-17-7-5-4-6-8-17/h4-12,22,27H,3,14H2,1-2H3,(H2,26,29)(H,28,30)/t22-/m0/s1. The number of carbonyl (C=O) groups excluding carboxylic acids is 2. The van der Waals surface area contributed by atoms with E-state index in [0.29, 0.717) is 39.9 Å². The molecule has 0 spiro atoms. The normalized spacial score (nSPS) is 15.6. The number of nitrogens with two attached hydrogens (primary N) is 1. The molecule has 0 unspecified atom stereocenters. The molecule has 7 nitrogen and oxygen atoms in total. The van der Waals surface area contributed by atoms with Gasteiger partial charge in [0.2, 0.25) is 5.91 Å². The third-order valence-electron chi connectivity index (χ3n) is 4.81. The third kappa shape index (κ3) is 5.31. The fourth-order valence-electron chi connectivity index (χ4n) is 3.45. The zero-order chi connectivity index (χ0) is 23.1. The number of para-hydroxylation sites is 1. The molecule has 0 aliphatic carbocycles. The van der Waals surface area contributed by atoms with Crippen molar-refractivity contribution in [2.75, 3.05) is 17.7 Å². The van der Waals surface area contributed by atoms with Crippen LogP contribution < -0.4 is 21.1 Å². The molecular weight excluding hydrogens is 424 g/mol. The first kappa shape index (κ1) is 23.0. The number of allylic oxidation sites excluding steroid dienone is 2. The molecule has 2 aromatic carbocycles. The van der Waals surface area contributed by atoms with E-state index >= 15 is 0 Å². The van der Waals surface area contributed by atoms with Crippen LogP contribution in [0.15, 0.2) is 76.5 Å². The van der Waals surface area contributed by atoms with E-state index in [-0.39, 0.29) is 11.7 Å². The Balaban J connectivity index is 2.05. The average molecular weight is 449 g/mol. The van der Waals surface area contributed by atoms with Crippen LogP contribution in [0, 0.1) is 11.3 Å². The van der Waals surface area contributed by atoms with Gasteiger partial charge in [0.05, 0.1) is 34.9 Å². The zero-order valence-corrected chi connectivity index (χ0v) is 18.7. The minimum atomic E-state index is -0.615. The lowest BCUT2D eigenvalue weighted by Gasteiger charge is -2.30. The van der Waals surface area contributed by atoms with Gasteiger partial charge in [-0.3, -0.25) is 9.59 Å². The number of thioether (sulfide) groups is 1. The van der Waals surface area contributed by atoms with Gasteiger partial charge in [0, 0.05) is 17.0 Å². The molecule has 0 fully saturated rings. The number of nitrogens with zero attached hydrogens (tertiary/aromatic N) is 1. The molecule has 0 saturated carbocycles. The van der Waals surface area contributed by atoms with Gasteiger partial charge in [0.1, 0.15) is 5.75 Å². The van der Waals surface area contributed by atoms with E-state index in [1.165, 1.54) is 0 Å². The fourth-order valence-corrected chi connectivity index (χ4v) is 4.28. The summed E-state index contributed by atoms with van der Waals surface area (Å²) in [5.41, 5.74) is 8.10. The summed E-state index contributed by atoms with van der Waals surface area (Å²) in [7, 11) is 0. The zero-order valence-electron chi connectivity index (χ0n) is 17.8. The Morgan fingerprint density at radius 2 is 1.88 bits per heavy atom. The van der Waals surface area contributed by atoms with E-state index in [1.807, 2.05) is 49.4 Å². The lowest BCUT2D eigenvalue weighted by atomic mass is 9.82.